The Bertz CT molecular complexity index is 510. The van der Waals surface area contributed by atoms with Crippen molar-refractivity contribution in [3.8, 4) is 0 Å². The maximum atomic E-state index is 12.4. The van der Waals surface area contributed by atoms with Crippen molar-refractivity contribution in [2.75, 3.05) is 13.1 Å². The Labute approximate surface area is 133 Å². The summed E-state index contributed by atoms with van der Waals surface area (Å²) in [4.78, 5) is 16.9. The number of carbonyl (C=O) groups excluding carboxylic acids is 1. The molecular formula is C18H26N2O2. The van der Waals surface area contributed by atoms with Crippen molar-refractivity contribution in [3.63, 3.8) is 0 Å². The van der Waals surface area contributed by atoms with Crippen LogP contribution in [0.15, 0.2) is 30.3 Å². The summed E-state index contributed by atoms with van der Waals surface area (Å²) < 4.78 is 5.58. The maximum absolute atomic E-state index is 12.4. The van der Waals surface area contributed by atoms with Gasteiger partial charge in [-0.3, -0.25) is 9.80 Å². The summed E-state index contributed by atoms with van der Waals surface area (Å²) in [6.07, 6.45) is 2.05. The van der Waals surface area contributed by atoms with Gasteiger partial charge < -0.3 is 4.74 Å². The number of carbonyl (C=O) groups is 1. The molecule has 2 atom stereocenters. The minimum absolute atomic E-state index is 0.139. The van der Waals surface area contributed by atoms with Crippen molar-refractivity contribution in [3.05, 3.63) is 35.9 Å². The molecule has 2 aliphatic heterocycles. The maximum Gasteiger partial charge on any atom is 0.410 e. The van der Waals surface area contributed by atoms with Crippen LogP contribution in [0.25, 0.3) is 0 Å². The molecule has 0 spiro atoms. The van der Waals surface area contributed by atoms with E-state index in [0.717, 1.165) is 32.5 Å². The number of rotatable bonds is 2. The van der Waals surface area contributed by atoms with Gasteiger partial charge in [-0.15, -0.1) is 0 Å². The van der Waals surface area contributed by atoms with Crippen LogP contribution in [0.5, 0.6) is 0 Å². The molecule has 1 amide bonds. The predicted molar refractivity (Wildman–Crippen MR) is 86.6 cm³/mol. The minimum Gasteiger partial charge on any atom is -0.444 e. The van der Waals surface area contributed by atoms with Crippen molar-refractivity contribution < 1.29 is 9.53 Å². The largest absolute Gasteiger partial charge is 0.444 e. The number of hydrogen-bond acceptors (Lipinski definition) is 3. The molecule has 4 heteroatoms. The van der Waals surface area contributed by atoms with Crippen LogP contribution in [0, 0.1) is 0 Å². The van der Waals surface area contributed by atoms with Gasteiger partial charge in [-0.2, -0.15) is 0 Å². The Hall–Kier alpha value is -1.55. The summed E-state index contributed by atoms with van der Waals surface area (Å²) in [6, 6.07) is 11.2. The number of fused-ring (bicyclic) bond motifs is 2. The lowest BCUT2D eigenvalue weighted by Gasteiger charge is -2.41. The van der Waals surface area contributed by atoms with Crippen LogP contribution in [-0.2, 0) is 11.3 Å². The van der Waals surface area contributed by atoms with E-state index in [-0.39, 0.29) is 6.09 Å². The fourth-order valence-electron chi connectivity index (χ4n) is 3.57. The molecule has 1 aromatic carbocycles. The molecule has 2 aliphatic rings. The quantitative estimate of drug-likeness (QED) is 0.840. The Morgan fingerprint density at radius 2 is 1.73 bits per heavy atom. The lowest BCUT2D eigenvalue weighted by Crippen LogP contribution is -2.56. The summed E-state index contributed by atoms with van der Waals surface area (Å²) in [7, 11) is 0. The average Bonchev–Trinajstić information content (AvgIpc) is 2.70. The van der Waals surface area contributed by atoms with Crippen LogP contribution >= 0.6 is 0 Å². The normalized spacial score (nSPS) is 25.3. The molecule has 2 bridgehead atoms. The zero-order valence-corrected chi connectivity index (χ0v) is 13.8. The fraction of sp³-hybridized carbons (Fsp3) is 0.611. The first-order valence-electron chi connectivity index (χ1n) is 8.20. The Kier molecular flexibility index (Phi) is 4.13. The van der Waals surface area contributed by atoms with Gasteiger partial charge in [-0.1, -0.05) is 30.3 Å². The van der Waals surface area contributed by atoms with E-state index >= 15 is 0 Å². The lowest BCUT2D eigenvalue weighted by atomic mass is 10.1. The first kappa shape index (κ1) is 15.3. The number of benzene rings is 1. The highest BCUT2D eigenvalue weighted by Gasteiger charge is 2.44. The van der Waals surface area contributed by atoms with Crippen molar-refractivity contribution >= 4 is 6.09 Å². The van der Waals surface area contributed by atoms with Gasteiger partial charge in [-0.05, 0) is 39.2 Å². The minimum atomic E-state index is -0.419. The van der Waals surface area contributed by atoms with Crippen LogP contribution in [0.2, 0.25) is 0 Å². The van der Waals surface area contributed by atoms with E-state index in [9.17, 15) is 4.79 Å². The summed E-state index contributed by atoms with van der Waals surface area (Å²) in [5.41, 5.74) is 0.921. The molecule has 22 heavy (non-hydrogen) atoms. The molecule has 4 nitrogen and oxygen atoms in total. The van der Waals surface area contributed by atoms with Crippen LogP contribution < -0.4 is 0 Å². The van der Waals surface area contributed by atoms with Crippen LogP contribution in [-0.4, -0.2) is 46.7 Å². The SMILES string of the molecule is CC(C)(C)OC(=O)N1C2CC[C@@H]1CN(Cc1ccccc1)C2. The average molecular weight is 302 g/mol. The summed E-state index contributed by atoms with van der Waals surface area (Å²) >= 11 is 0. The Morgan fingerprint density at radius 3 is 2.27 bits per heavy atom. The predicted octanol–water partition coefficient (Wildman–Crippen LogP) is 3.27. The molecule has 0 N–H and O–H groups in total. The third-order valence-electron chi connectivity index (χ3n) is 4.41. The second kappa shape index (κ2) is 5.92. The number of likely N-dealkylation sites (tertiary alicyclic amines) is 1. The highest BCUT2D eigenvalue weighted by atomic mass is 16.6. The summed E-state index contributed by atoms with van der Waals surface area (Å²) in [6.45, 7) is 8.65. The molecule has 3 rings (SSSR count). The lowest BCUT2D eigenvalue weighted by molar-refractivity contribution is -0.00541. The molecule has 1 unspecified atom stereocenters. The zero-order chi connectivity index (χ0) is 15.7. The number of amides is 1. The van der Waals surface area contributed by atoms with Crippen LogP contribution in [0.3, 0.4) is 0 Å². The van der Waals surface area contributed by atoms with Gasteiger partial charge in [0.15, 0.2) is 0 Å². The van der Waals surface area contributed by atoms with Gasteiger partial charge in [0.2, 0.25) is 0 Å². The Morgan fingerprint density at radius 1 is 1.14 bits per heavy atom. The summed E-state index contributed by atoms with van der Waals surface area (Å²) in [5.74, 6) is 0. The molecule has 2 saturated heterocycles. The number of ether oxygens (including phenoxy) is 1. The second-order valence-corrected chi connectivity index (χ2v) is 7.45. The van der Waals surface area contributed by atoms with Gasteiger partial charge in [0.25, 0.3) is 0 Å². The first-order chi connectivity index (χ1) is 10.4. The fourth-order valence-corrected chi connectivity index (χ4v) is 3.57. The van der Waals surface area contributed by atoms with Gasteiger partial charge in [0, 0.05) is 31.7 Å². The smallest absolute Gasteiger partial charge is 0.410 e. The van der Waals surface area contributed by atoms with Crippen molar-refractivity contribution in [1.82, 2.24) is 9.80 Å². The highest BCUT2D eigenvalue weighted by Crippen LogP contribution is 2.32. The number of hydrogen-bond donors (Lipinski definition) is 0. The third kappa shape index (κ3) is 3.43. The van der Waals surface area contributed by atoms with Crippen LogP contribution in [0.1, 0.15) is 39.2 Å². The molecule has 2 fully saturated rings. The van der Waals surface area contributed by atoms with Gasteiger partial charge >= 0.3 is 6.09 Å². The van der Waals surface area contributed by atoms with E-state index in [4.69, 9.17) is 4.74 Å². The first-order valence-corrected chi connectivity index (χ1v) is 8.20. The number of piperazine rings is 1. The Balaban J connectivity index is 1.63. The second-order valence-electron chi connectivity index (χ2n) is 7.45. The van der Waals surface area contributed by atoms with Crippen molar-refractivity contribution in [2.45, 2.75) is 57.8 Å². The molecule has 0 aliphatic carbocycles. The third-order valence-corrected chi connectivity index (χ3v) is 4.41. The van der Waals surface area contributed by atoms with Crippen molar-refractivity contribution in [2.24, 2.45) is 0 Å². The highest BCUT2D eigenvalue weighted by molar-refractivity contribution is 5.69. The van der Waals surface area contributed by atoms with E-state index in [0.29, 0.717) is 12.1 Å². The van der Waals surface area contributed by atoms with E-state index in [1.54, 1.807) is 0 Å². The van der Waals surface area contributed by atoms with E-state index in [2.05, 4.69) is 29.2 Å². The van der Waals surface area contributed by atoms with E-state index in [1.807, 2.05) is 31.7 Å². The summed E-state index contributed by atoms with van der Waals surface area (Å²) in [5, 5.41) is 0. The molecule has 0 radical (unpaired) electrons. The molecule has 0 saturated carbocycles. The van der Waals surface area contributed by atoms with Gasteiger partial charge in [-0.25, -0.2) is 4.79 Å². The molecule has 1 aromatic rings. The molecular weight excluding hydrogens is 276 g/mol. The topological polar surface area (TPSA) is 32.8 Å². The van der Waals surface area contributed by atoms with E-state index in [1.165, 1.54) is 5.56 Å². The molecule has 120 valence electrons. The van der Waals surface area contributed by atoms with Crippen LogP contribution in [0.4, 0.5) is 4.79 Å². The van der Waals surface area contributed by atoms with Crippen molar-refractivity contribution in [1.29, 1.82) is 0 Å². The van der Waals surface area contributed by atoms with E-state index < -0.39 is 5.60 Å². The molecule has 2 heterocycles. The number of nitrogens with zero attached hydrogens (tertiary/aromatic N) is 2. The molecule has 0 aromatic heterocycles. The zero-order valence-electron chi connectivity index (χ0n) is 13.8. The van der Waals surface area contributed by atoms with Gasteiger partial charge in [0.1, 0.15) is 5.60 Å². The monoisotopic (exact) mass is 302 g/mol. The van der Waals surface area contributed by atoms with Gasteiger partial charge in [0.05, 0.1) is 0 Å². The standard InChI is InChI=1S/C18H26N2O2/c1-18(2,3)22-17(21)20-15-9-10-16(20)13-19(12-15)11-14-7-5-4-6-8-14/h4-8,15-16H,9-13H2,1-3H3/t15-,16?/m1/s1.